The van der Waals surface area contributed by atoms with Gasteiger partial charge >= 0.3 is 0 Å². The first kappa shape index (κ1) is 10.5. The number of para-hydroxylation sites is 1. The van der Waals surface area contributed by atoms with Crippen molar-refractivity contribution in [2.75, 3.05) is 19.7 Å². The van der Waals surface area contributed by atoms with E-state index < -0.39 is 0 Å². The van der Waals surface area contributed by atoms with Gasteiger partial charge in [-0.1, -0.05) is 18.2 Å². The Morgan fingerprint density at radius 2 is 2.20 bits per heavy atom. The van der Waals surface area contributed by atoms with Crippen LogP contribution in [0, 0.1) is 5.92 Å². The van der Waals surface area contributed by atoms with E-state index in [9.17, 15) is 5.11 Å². The molecule has 0 amide bonds. The summed E-state index contributed by atoms with van der Waals surface area (Å²) in [5.74, 6) is 1.16. The van der Waals surface area contributed by atoms with E-state index in [-0.39, 0.29) is 6.10 Å². The molecule has 1 fully saturated rings. The maximum absolute atomic E-state index is 9.85. The third-order valence-corrected chi connectivity index (χ3v) is 2.81. The van der Waals surface area contributed by atoms with Gasteiger partial charge in [0.05, 0.1) is 6.10 Å². The second kappa shape index (κ2) is 5.14. The van der Waals surface area contributed by atoms with E-state index in [4.69, 9.17) is 4.74 Å². The van der Waals surface area contributed by atoms with Crippen molar-refractivity contribution in [1.82, 2.24) is 5.32 Å². The number of hydrogen-bond acceptors (Lipinski definition) is 3. The van der Waals surface area contributed by atoms with Crippen LogP contribution in [0.2, 0.25) is 0 Å². The van der Waals surface area contributed by atoms with Crippen molar-refractivity contribution in [3.05, 3.63) is 30.3 Å². The molecule has 2 N–H and O–H groups in total. The molecular weight excluding hydrogens is 190 g/mol. The van der Waals surface area contributed by atoms with E-state index in [1.807, 2.05) is 30.3 Å². The molecule has 1 aromatic carbocycles. The standard InChI is InChI=1S/C12H17NO2/c14-12(10-6-7-13-8-10)9-15-11-4-2-1-3-5-11/h1-5,10,12-14H,6-9H2. The highest BCUT2D eigenvalue weighted by Gasteiger charge is 2.23. The van der Waals surface area contributed by atoms with E-state index in [0.717, 1.165) is 25.3 Å². The van der Waals surface area contributed by atoms with E-state index in [0.29, 0.717) is 12.5 Å². The van der Waals surface area contributed by atoms with Gasteiger partial charge in [-0.05, 0) is 25.1 Å². The highest BCUT2D eigenvalue weighted by atomic mass is 16.5. The van der Waals surface area contributed by atoms with Crippen molar-refractivity contribution in [2.45, 2.75) is 12.5 Å². The summed E-state index contributed by atoms with van der Waals surface area (Å²) in [5, 5.41) is 13.1. The number of rotatable bonds is 4. The summed E-state index contributed by atoms with van der Waals surface area (Å²) in [4.78, 5) is 0. The SMILES string of the molecule is OC(COc1ccccc1)C1CCNC1. The van der Waals surface area contributed by atoms with E-state index in [2.05, 4.69) is 5.32 Å². The Morgan fingerprint density at radius 3 is 2.87 bits per heavy atom. The van der Waals surface area contributed by atoms with Crippen LogP contribution in [0.25, 0.3) is 0 Å². The number of ether oxygens (including phenoxy) is 1. The molecule has 2 atom stereocenters. The Kier molecular flexibility index (Phi) is 3.59. The molecule has 1 heterocycles. The number of aliphatic hydroxyl groups excluding tert-OH is 1. The maximum atomic E-state index is 9.85. The first-order valence-corrected chi connectivity index (χ1v) is 5.43. The molecule has 1 aliphatic heterocycles. The van der Waals surface area contributed by atoms with Crippen LogP contribution in [0.15, 0.2) is 30.3 Å². The quantitative estimate of drug-likeness (QED) is 0.775. The van der Waals surface area contributed by atoms with Gasteiger partial charge in [0, 0.05) is 12.5 Å². The molecule has 0 bridgehead atoms. The molecule has 1 aromatic rings. The molecule has 0 radical (unpaired) electrons. The van der Waals surface area contributed by atoms with Gasteiger partial charge in [-0.2, -0.15) is 0 Å². The van der Waals surface area contributed by atoms with Crippen molar-refractivity contribution in [1.29, 1.82) is 0 Å². The zero-order chi connectivity index (χ0) is 10.5. The zero-order valence-electron chi connectivity index (χ0n) is 8.73. The van der Waals surface area contributed by atoms with Crippen LogP contribution in [-0.4, -0.2) is 30.9 Å². The Bertz CT molecular complexity index is 283. The zero-order valence-corrected chi connectivity index (χ0v) is 8.73. The van der Waals surface area contributed by atoms with Crippen molar-refractivity contribution in [3.63, 3.8) is 0 Å². The van der Waals surface area contributed by atoms with E-state index in [1.54, 1.807) is 0 Å². The second-order valence-corrected chi connectivity index (χ2v) is 3.94. The molecule has 1 aliphatic rings. The minimum absolute atomic E-state index is 0.341. The molecule has 2 unspecified atom stereocenters. The molecule has 3 heteroatoms. The fourth-order valence-corrected chi connectivity index (χ4v) is 1.84. The van der Waals surface area contributed by atoms with Crippen LogP contribution in [0.3, 0.4) is 0 Å². The minimum atomic E-state index is -0.361. The Labute approximate surface area is 90.1 Å². The van der Waals surface area contributed by atoms with Gasteiger partial charge < -0.3 is 15.2 Å². The molecule has 2 rings (SSSR count). The molecule has 0 aliphatic carbocycles. The van der Waals surface area contributed by atoms with Crippen molar-refractivity contribution in [3.8, 4) is 5.75 Å². The highest BCUT2D eigenvalue weighted by Crippen LogP contribution is 2.15. The van der Waals surface area contributed by atoms with Gasteiger partial charge in [0.1, 0.15) is 12.4 Å². The predicted molar refractivity (Wildman–Crippen MR) is 58.9 cm³/mol. The van der Waals surface area contributed by atoms with Crippen LogP contribution in [0.5, 0.6) is 5.75 Å². The minimum Gasteiger partial charge on any atom is -0.491 e. The molecular formula is C12H17NO2. The summed E-state index contributed by atoms with van der Waals surface area (Å²) in [5.41, 5.74) is 0. The molecule has 15 heavy (non-hydrogen) atoms. The van der Waals surface area contributed by atoms with Crippen LogP contribution in [0.1, 0.15) is 6.42 Å². The Morgan fingerprint density at radius 1 is 1.40 bits per heavy atom. The summed E-state index contributed by atoms with van der Waals surface area (Å²) >= 11 is 0. The summed E-state index contributed by atoms with van der Waals surface area (Å²) in [6.07, 6.45) is 0.680. The highest BCUT2D eigenvalue weighted by molar-refractivity contribution is 5.20. The molecule has 3 nitrogen and oxygen atoms in total. The number of aliphatic hydroxyl groups is 1. The fourth-order valence-electron chi connectivity index (χ4n) is 1.84. The summed E-state index contributed by atoms with van der Waals surface area (Å²) in [6.45, 7) is 2.29. The molecule has 1 saturated heterocycles. The van der Waals surface area contributed by atoms with Gasteiger partial charge in [0.2, 0.25) is 0 Å². The van der Waals surface area contributed by atoms with Crippen molar-refractivity contribution >= 4 is 0 Å². The average Bonchev–Trinajstić information content (AvgIpc) is 2.81. The summed E-state index contributed by atoms with van der Waals surface area (Å²) in [7, 11) is 0. The van der Waals surface area contributed by atoms with E-state index >= 15 is 0 Å². The normalized spacial score (nSPS) is 22.6. The van der Waals surface area contributed by atoms with Crippen molar-refractivity contribution in [2.24, 2.45) is 5.92 Å². The first-order valence-electron chi connectivity index (χ1n) is 5.43. The van der Waals surface area contributed by atoms with Crippen LogP contribution < -0.4 is 10.1 Å². The fraction of sp³-hybridized carbons (Fsp3) is 0.500. The second-order valence-electron chi connectivity index (χ2n) is 3.94. The van der Waals surface area contributed by atoms with E-state index in [1.165, 1.54) is 0 Å². The van der Waals surface area contributed by atoms with Crippen molar-refractivity contribution < 1.29 is 9.84 Å². The van der Waals surface area contributed by atoms with Crippen LogP contribution in [-0.2, 0) is 0 Å². The Balaban J connectivity index is 1.77. The Hall–Kier alpha value is -1.06. The monoisotopic (exact) mass is 207 g/mol. The largest absolute Gasteiger partial charge is 0.491 e. The predicted octanol–water partition coefficient (Wildman–Crippen LogP) is 1.04. The average molecular weight is 207 g/mol. The number of benzene rings is 1. The molecule has 0 aromatic heterocycles. The molecule has 0 saturated carbocycles. The van der Waals surface area contributed by atoms with Gasteiger partial charge in [-0.3, -0.25) is 0 Å². The third-order valence-electron chi connectivity index (χ3n) is 2.81. The van der Waals surface area contributed by atoms with Gasteiger partial charge in [0.25, 0.3) is 0 Å². The summed E-state index contributed by atoms with van der Waals surface area (Å²) < 4.78 is 5.50. The lowest BCUT2D eigenvalue weighted by molar-refractivity contribution is 0.0641. The summed E-state index contributed by atoms with van der Waals surface area (Å²) in [6, 6.07) is 9.61. The van der Waals surface area contributed by atoms with Gasteiger partial charge in [-0.15, -0.1) is 0 Å². The molecule has 0 spiro atoms. The molecule has 82 valence electrons. The lowest BCUT2D eigenvalue weighted by atomic mass is 10.0. The van der Waals surface area contributed by atoms with Gasteiger partial charge in [0.15, 0.2) is 0 Å². The lowest BCUT2D eigenvalue weighted by Crippen LogP contribution is -2.28. The smallest absolute Gasteiger partial charge is 0.119 e. The first-order chi connectivity index (χ1) is 7.36. The number of nitrogens with one attached hydrogen (secondary N) is 1. The van der Waals surface area contributed by atoms with Crippen LogP contribution in [0.4, 0.5) is 0 Å². The van der Waals surface area contributed by atoms with Gasteiger partial charge in [-0.25, -0.2) is 0 Å². The van der Waals surface area contributed by atoms with Crippen LogP contribution >= 0.6 is 0 Å². The third kappa shape index (κ3) is 2.94. The lowest BCUT2D eigenvalue weighted by Gasteiger charge is -2.17. The maximum Gasteiger partial charge on any atom is 0.119 e. The number of hydrogen-bond donors (Lipinski definition) is 2. The topological polar surface area (TPSA) is 41.5 Å².